The quantitative estimate of drug-likeness (QED) is 0.848. The summed E-state index contributed by atoms with van der Waals surface area (Å²) < 4.78 is 10.9. The minimum Gasteiger partial charge on any atom is -0.496 e. The molecule has 1 aliphatic rings. The van der Waals surface area contributed by atoms with Gasteiger partial charge in [0.1, 0.15) is 29.6 Å². The zero-order valence-electron chi connectivity index (χ0n) is 13.0. The number of carbonyl (C=O) groups excluding carboxylic acids is 1. The van der Waals surface area contributed by atoms with Gasteiger partial charge in [0.15, 0.2) is 0 Å². The molecule has 0 saturated heterocycles. The Bertz CT molecular complexity index is 816. The van der Waals surface area contributed by atoms with Crippen molar-refractivity contribution >= 4 is 29.4 Å². The van der Waals surface area contributed by atoms with Crippen LogP contribution in [0.3, 0.4) is 0 Å². The van der Waals surface area contributed by atoms with Gasteiger partial charge in [-0.15, -0.1) is 0 Å². The maximum absolute atomic E-state index is 12.1. The topological polar surface area (TPSA) is 59.9 Å². The van der Waals surface area contributed by atoms with Crippen LogP contribution in [0.25, 0.3) is 6.08 Å². The molecule has 0 fully saturated rings. The van der Waals surface area contributed by atoms with Crippen LogP contribution in [0.4, 0.5) is 0 Å². The van der Waals surface area contributed by atoms with Gasteiger partial charge in [0, 0.05) is 10.6 Å². The van der Waals surface area contributed by atoms with Gasteiger partial charge >= 0.3 is 0 Å². The van der Waals surface area contributed by atoms with Crippen molar-refractivity contribution in [2.24, 2.45) is 4.99 Å². The highest BCUT2D eigenvalue weighted by Crippen LogP contribution is 2.26. The maximum Gasteiger partial charge on any atom is 0.275 e. The molecule has 2 aromatic rings. The van der Waals surface area contributed by atoms with Gasteiger partial charge in [-0.3, -0.25) is 4.79 Å². The predicted molar refractivity (Wildman–Crippen MR) is 93.5 cm³/mol. The Hall–Kier alpha value is -2.79. The number of methoxy groups -OCH3 is 1. The number of aliphatic imine (C=N–C) groups is 1. The lowest BCUT2D eigenvalue weighted by Gasteiger charge is -2.05. The van der Waals surface area contributed by atoms with E-state index in [2.05, 4.69) is 10.3 Å². The van der Waals surface area contributed by atoms with Crippen LogP contribution in [0.1, 0.15) is 5.56 Å². The van der Waals surface area contributed by atoms with Crippen molar-refractivity contribution in [1.82, 2.24) is 5.32 Å². The van der Waals surface area contributed by atoms with Gasteiger partial charge in [-0.05, 0) is 36.4 Å². The lowest BCUT2D eigenvalue weighted by molar-refractivity contribution is -0.115. The van der Waals surface area contributed by atoms with Crippen LogP contribution in [0.15, 0.2) is 59.2 Å². The second kappa shape index (κ2) is 7.19. The van der Waals surface area contributed by atoms with E-state index in [1.807, 2.05) is 30.3 Å². The van der Waals surface area contributed by atoms with E-state index in [0.29, 0.717) is 27.9 Å². The molecule has 0 spiro atoms. The first-order valence-electron chi connectivity index (χ1n) is 7.28. The Kier molecular flexibility index (Phi) is 4.82. The van der Waals surface area contributed by atoms with E-state index < -0.39 is 0 Å². The number of amidine groups is 1. The number of nitrogens with zero attached hydrogens (tertiary/aromatic N) is 1. The van der Waals surface area contributed by atoms with Gasteiger partial charge in [0.05, 0.1) is 7.11 Å². The lowest BCUT2D eigenvalue weighted by Crippen LogP contribution is -2.28. The molecule has 0 radical (unpaired) electrons. The molecule has 0 unspecified atom stereocenters. The highest BCUT2D eigenvalue weighted by molar-refractivity contribution is 6.30. The smallest absolute Gasteiger partial charge is 0.275 e. The van der Waals surface area contributed by atoms with Crippen molar-refractivity contribution in [3.63, 3.8) is 0 Å². The zero-order valence-corrected chi connectivity index (χ0v) is 13.7. The molecular formula is C18H15ClN2O3. The summed E-state index contributed by atoms with van der Waals surface area (Å²) in [5.74, 6) is 1.49. The molecule has 1 aliphatic heterocycles. The summed E-state index contributed by atoms with van der Waals surface area (Å²) in [6, 6.07) is 14.5. The molecular weight excluding hydrogens is 328 g/mol. The second-order valence-electron chi connectivity index (χ2n) is 5.03. The third kappa shape index (κ3) is 3.75. The number of para-hydroxylation sites is 1. The average molecular weight is 343 g/mol. The van der Waals surface area contributed by atoms with Crippen LogP contribution in [0.5, 0.6) is 11.5 Å². The molecule has 3 rings (SSSR count). The van der Waals surface area contributed by atoms with Gasteiger partial charge < -0.3 is 14.8 Å². The fourth-order valence-corrected chi connectivity index (χ4v) is 2.40. The normalized spacial score (nSPS) is 15.2. The Morgan fingerprint density at radius 1 is 1.21 bits per heavy atom. The number of carbonyl (C=O) groups is 1. The zero-order chi connectivity index (χ0) is 16.9. The molecule has 6 heteroatoms. The van der Waals surface area contributed by atoms with Crippen LogP contribution in [-0.4, -0.2) is 25.5 Å². The van der Waals surface area contributed by atoms with Crippen LogP contribution >= 0.6 is 11.6 Å². The summed E-state index contributed by atoms with van der Waals surface area (Å²) in [4.78, 5) is 16.3. The van der Waals surface area contributed by atoms with Crippen molar-refractivity contribution in [2.75, 3.05) is 13.7 Å². The van der Waals surface area contributed by atoms with Crippen LogP contribution < -0.4 is 14.8 Å². The summed E-state index contributed by atoms with van der Waals surface area (Å²) in [6.45, 7) is 0.180. The fraction of sp³-hybridized carbons (Fsp3) is 0.111. The van der Waals surface area contributed by atoms with Crippen molar-refractivity contribution in [2.45, 2.75) is 0 Å². The summed E-state index contributed by atoms with van der Waals surface area (Å²) in [5.41, 5.74) is 0.964. The molecule has 1 amide bonds. The molecule has 1 heterocycles. The molecule has 0 atom stereocenters. The van der Waals surface area contributed by atoms with Crippen molar-refractivity contribution in [3.8, 4) is 11.5 Å². The van der Waals surface area contributed by atoms with Gasteiger partial charge in [-0.25, -0.2) is 4.99 Å². The standard InChI is InChI=1S/C18H15ClN2O3/c1-23-16-8-7-13(19)9-12(16)10-15-18(22)21-17(20-15)11-24-14-5-3-2-4-6-14/h2-10H,11H2,1H3,(H,20,21,22)/b15-10+. The van der Waals surface area contributed by atoms with Gasteiger partial charge in [-0.2, -0.15) is 0 Å². The van der Waals surface area contributed by atoms with Crippen molar-refractivity contribution < 1.29 is 14.3 Å². The highest BCUT2D eigenvalue weighted by Gasteiger charge is 2.21. The molecule has 0 aliphatic carbocycles. The monoisotopic (exact) mass is 342 g/mol. The number of benzene rings is 2. The Morgan fingerprint density at radius 2 is 2.00 bits per heavy atom. The van der Waals surface area contributed by atoms with Crippen LogP contribution in [0, 0.1) is 0 Å². The third-order valence-corrected chi connectivity index (χ3v) is 3.58. The molecule has 24 heavy (non-hydrogen) atoms. The van der Waals surface area contributed by atoms with E-state index in [4.69, 9.17) is 21.1 Å². The van der Waals surface area contributed by atoms with Crippen molar-refractivity contribution in [1.29, 1.82) is 0 Å². The first-order chi connectivity index (χ1) is 11.7. The molecule has 0 bridgehead atoms. The summed E-state index contributed by atoms with van der Waals surface area (Å²) >= 11 is 6.00. The molecule has 0 saturated carbocycles. The number of halogens is 1. The first-order valence-corrected chi connectivity index (χ1v) is 7.65. The molecule has 0 aromatic heterocycles. The average Bonchev–Trinajstić information content (AvgIpc) is 2.94. The fourth-order valence-electron chi connectivity index (χ4n) is 2.22. The third-order valence-electron chi connectivity index (χ3n) is 3.35. The SMILES string of the molecule is COc1ccc(Cl)cc1/C=C1/N=C(COc2ccccc2)NC1=O. The second-order valence-corrected chi connectivity index (χ2v) is 5.47. The van der Waals surface area contributed by atoms with E-state index in [9.17, 15) is 4.79 Å². The summed E-state index contributed by atoms with van der Waals surface area (Å²) in [5, 5.41) is 3.24. The summed E-state index contributed by atoms with van der Waals surface area (Å²) in [7, 11) is 1.56. The van der Waals surface area contributed by atoms with Crippen LogP contribution in [0.2, 0.25) is 5.02 Å². The Balaban J connectivity index is 1.78. The minimum absolute atomic E-state index is 0.180. The van der Waals surface area contributed by atoms with E-state index in [1.165, 1.54) is 0 Å². The van der Waals surface area contributed by atoms with Crippen LogP contribution in [-0.2, 0) is 4.79 Å². The molecule has 1 N–H and O–H groups in total. The number of hydrogen-bond acceptors (Lipinski definition) is 4. The van der Waals surface area contributed by atoms with E-state index in [-0.39, 0.29) is 18.2 Å². The first kappa shape index (κ1) is 16.1. The maximum atomic E-state index is 12.1. The molecule has 122 valence electrons. The number of ether oxygens (including phenoxy) is 2. The predicted octanol–water partition coefficient (Wildman–Crippen LogP) is 3.30. The largest absolute Gasteiger partial charge is 0.496 e. The van der Waals surface area contributed by atoms with E-state index in [1.54, 1.807) is 31.4 Å². The van der Waals surface area contributed by atoms with Gasteiger partial charge in [-0.1, -0.05) is 29.8 Å². The summed E-state index contributed by atoms with van der Waals surface area (Å²) in [6.07, 6.45) is 1.63. The number of rotatable bonds is 5. The number of amides is 1. The minimum atomic E-state index is -0.288. The Morgan fingerprint density at radius 3 is 2.75 bits per heavy atom. The molecule has 2 aromatic carbocycles. The number of hydrogen-bond donors (Lipinski definition) is 1. The molecule has 5 nitrogen and oxygen atoms in total. The Labute approximate surface area is 144 Å². The van der Waals surface area contributed by atoms with E-state index >= 15 is 0 Å². The lowest BCUT2D eigenvalue weighted by atomic mass is 10.1. The number of nitrogens with one attached hydrogen (secondary N) is 1. The van der Waals surface area contributed by atoms with E-state index in [0.717, 1.165) is 0 Å². The van der Waals surface area contributed by atoms with Gasteiger partial charge in [0.2, 0.25) is 0 Å². The van der Waals surface area contributed by atoms with Gasteiger partial charge in [0.25, 0.3) is 5.91 Å². The highest BCUT2D eigenvalue weighted by atomic mass is 35.5. The van der Waals surface area contributed by atoms with Crippen molar-refractivity contribution in [3.05, 3.63) is 64.8 Å².